The first-order valence-electron chi connectivity index (χ1n) is 11.2. The van der Waals surface area contributed by atoms with Crippen LogP contribution in [0.3, 0.4) is 0 Å². The first-order valence-corrected chi connectivity index (χ1v) is 13.0. The van der Waals surface area contributed by atoms with E-state index in [1.54, 1.807) is 28.9 Å². The highest BCUT2D eigenvalue weighted by Gasteiger charge is 2.23. The highest BCUT2D eigenvalue weighted by molar-refractivity contribution is 7.99. The minimum atomic E-state index is -0.253. The van der Waals surface area contributed by atoms with E-state index in [1.165, 1.54) is 16.6 Å². The van der Waals surface area contributed by atoms with Crippen molar-refractivity contribution in [1.29, 1.82) is 0 Å². The number of nitrogens with zero attached hydrogens (tertiary/aromatic N) is 3. The van der Waals surface area contributed by atoms with Crippen LogP contribution in [-0.4, -0.2) is 33.0 Å². The normalized spacial score (nSPS) is 13.1. The van der Waals surface area contributed by atoms with Gasteiger partial charge in [-0.15, -0.1) is 11.3 Å². The van der Waals surface area contributed by atoms with Gasteiger partial charge in [0.1, 0.15) is 16.3 Å². The number of carbonyl (C=O) groups is 1. The number of hydrogen-bond acceptors (Lipinski definition) is 8. The highest BCUT2D eigenvalue weighted by Crippen LogP contribution is 2.35. The molecule has 3 aromatic heterocycles. The molecule has 1 aromatic carbocycles. The van der Waals surface area contributed by atoms with E-state index in [9.17, 15) is 9.59 Å². The van der Waals surface area contributed by atoms with Gasteiger partial charge in [0, 0.05) is 10.9 Å². The molecule has 0 saturated carbocycles. The average Bonchev–Trinajstić information content (AvgIpc) is 3.41. The lowest BCUT2D eigenvalue weighted by molar-refractivity contribution is -0.113. The smallest absolute Gasteiger partial charge is 0.267 e. The molecule has 4 aromatic rings. The molecule has 0 fully saturated rings. The number of fused-ring (bicyclic) bond motifs is 3. The van der Waals surface area contributed by atoms with Gasteiger partial charge in [0.25, 0.3) is 5.56 Å². The second-order valence-corrected chi connectivity index (χ2v) is 10.0. The van der Waals surface area contributed by atoms with Crippen molar-refractivity contribution in [2.45, 2.75) is 44.7 Å². The number of benzene rings is 1. The van der Waals surface area contributed by atoms with Gasteiger partial charge in [-0.3, -0.25) is 14.2 Å². The van der Waals surface area contributed by atoms with E-state index in [0.29, 0.717) is 34.4 Å². The maximum atomic E-state index is 13.8. The van der Waals surface area contributed by atoms with Crippen LogP contribution in [-0.2, 0) is 17.6 Å². The van der Waals surface area contributed by atoms with E-state index in [4.69, 9.17) is 14.2 Å². The van der Waals surface area contributed by atoms with Crippen molar-refractivity contribution >= 4 is 45.0 Å². The molecule has 1 aliphatic rings. The Morgan fingerprint density at radius 2 is 2.06 bits per heavy atom. The number of amides is 1. The molecule has 0 saturated heterocycles. The second kappa shape index (κ2) is 9.63. The van der Waals surface area contributed by atoms with Gasteiger partial charge in [-0.1, -0.05) is 16.9 Å². The van der Waals surface area contributed by atoms with Gasteiger partial charge in [0.15, 0.2) is 11.0 Å². The van der Waals surface area contributed by atoms with Gasteiger partial charge in [-0.2, -0.15) is 0 Å². The Labute approximate surface area is 204 Å². The fraction of sp³-hybridized carbons (Fsp3) is 0.333. The largest absolute Gasteiger partial charge is 0.494 e. The summed E-state index contributed by atoms with van der Waals surface area (Å²) in [5, 5.41) is 7.69. The zero-order valence-electron chi connectivity index (χ0n) is 18.9. The summed E-state index contributed by atoms with van der Waals surface area (Å²) in [5.41, 5.74) is 1.73. The van der Waals surface area contributed by atoms with Gasteiger partial charge in [-0.25, -0.2) is 4.98 Å². The van der Waals surface area contributed by atoms with E-state index in [1.807, 2.05) is 31.2 Å². The molecule has 0 bridgehead atoms. The van der Waals surface area contributed by atoms with Crippen LogP contribution in [0.4, 0.5) is 5.82 Å². The number of hydrogen-bond donors (Lipinski definition) is 1. The lowest BCUT2D eigenvalue weighted by atomic mass is 9.97. The third-order valence-corrected chi connectivity index (χ3v) is 7.72. The van der Waals surface area contributed by atoms with E-state index in [0.717, 1.165) is 41.8 Å². The SMILES string of the molecule is CCOc1ccc(-n2c(SCC(=O)Nc3cc(C)on3)nc3sc4c(c3c2=O)CCCC4)cc1. The Kier molecular flexibility index (Phi) is 6.42. The summed E-state index contributed by atoms with van der Waals surface area (Å²) < 4.78 is 12.2. The first kappa shape index (κ1) is 22.7. The molecule has 0 unspecified atom stereocenters. The molecule has 1 N–H and O–H groups in total. The molecular formula is C24H24N4O4S2. The molecule has 176 valence electrons. The number of ether oxygens (including phenoxy) is 1. The minimum Gasteiger partial charge on any atom is -0.494 e. The molecule has 5 rings (SSSR count). The van der Waals surface area contributed by atoms with Crippen LogP contribution in [0, 0.1) is 6.92 Å². The van der Waals surface area contributed by atoms with Gasteiger partial charge in [0.05, 0.1) is 23.4 Å². The molecule has 0 aliphatic heterocycles. The summed E-state index contributed by atoms with van der Waals surface area (Å²) in [7, 11) is 0. The minimum absolute atomic E-state index is 0.0754. The van der Waals surface area contributed by atoms with Gasteiger partial charge in [0.2, 0.25) is 5.91 Å². The molecule has 0 atom stereocenters. The lowest BCUT2D eigenvalue weighted by Crippen LogP contribution is -2.23. The molecule has 34 heavy (non-hydrogen) atoms. The van der Waals surface area contributed by atoms with Gasteiger partial charge < -0.3 is 14.6 Å². The van der Waals surface area contributed by atoms with Crippen molar-refractivity contribution in [2.75, 3.05) is 17.7 Å². The molecule has 0 spiro atoms. The number of thiophene rings is 1. The third kappa shape index (κ3) is 4.47. The van der Waals surface area contributed by atoms with Crippen LogP contribution in [0.5, 0.6) is 5.75 Å². The number of nitrogens with one attached hydrogen (secondary N) is 1. The fourth-order valence-electron chi connectivity index (χ4n) is 4.10. The number of aromatic nitrogens is 3. The molecule has 8 nitrogen and oxygen atoms in total. The lowest BCUT2D eigenvalue weighted by Gasteiger charge is -2.14. The third-order valence-electron chi connectivity index (χ3n) is 5.59. The van der Waals surface area contributed by atoms with Crippen LogP contribution in [0.25, 0.3) is 15.9 Å². The van der Waals surface area contributed by atoms with E-state index < -0.39 is 0 Å². The van der Waals surface area contributed by atoms with E-state index in [2.05, 4.69) is 10.5 Å². The monoisotopic (exact) mass is 496 g/mol. The molecule has 0 radical (unpaired) electrons. The Morgan fingerprint density at radius 1 is 1.26 bits per heavy atom. The standard InChI is InChI=1S/C24H24N4O4S2/c1-3-31-16-10-8-15(9-11-16)28-23(30)21-17-6-4-5-7-18(17)34-22(21)26-24(28)33-13-20(29)25-19-12-14(2)32-27-19/h8-12H,3-7,13H2,1-2H3,(H,25,27,29). The van der Waals surface area contributed by atoms with Crippen LogP contribution >= 0.6 is 23.1 Å². The molecule has 1 aliphatic carbocycles. The predicted octanol–water partition coefficient (Wildman–Crippen LogP) is 4.75. The first-order chi connectivity index (χ1) is 16.5. The van der Waals surface area contributed by atoms with E-state index in [-0.39, 0.29) is 17.2 Å². The van der Waals surface area contributed by atoms with Crippen LogP contribution in [0.2, 0.25) is 0 Å². The fourth-order valence-corrected chi connectivity index (χ4v) is 6.22. The summed E-state index contributed by atoms with van der Waals surface area (Å²) >= 11 is 2.82. The molecule has 1 amide bonds. The van der Waals surface area contributed by atoms with Gasteiger partial charge in [-0.05, 0) is 69.4 Å². The van der Waals surface area contributed by atoms with Crippen LogP contribution in [0.1, 0.15) is 36.0 Å². The number of thioether (sulfide) groups is 1. The maximum absolute atomic E-state index is 13.8. The van der Waals surface area contributed by atoms with Crippen LogP contribution < -0.4 is 15.6 Å². The predicted molar refractivity (Wildman–Crippen MR) is 134 cm³/mol. The number of anilines is 1. The summed E-state index contributed by atoms with van der Waals surface area (Å²) in [6, 6.07) is 9.03. The summed E-state index contributed by atoms with van der Waals surface area (Å²) in [5.74, 6) is 1.53. The Bertz CT molecular complexity index is 1410. The van der Waals surface area contributed by atoms with Crippen molar-refractivity contribution in [3.05, 3.63) is 56.9 Å². The van der Waals surface area contributed by atoms with Crippen LogP contribution in [0.15, 0.2) is 44.8 Å². The maximum Gasteiger partial charge on any atom is 0.267 e. The zero-order chi connectivity index (χ0) is 23.7. The number of carbonyl (C=O) groups excluding carboxylic acids is 1. The summed E-state index contributed by atoms with van der Waals surface area (Å²) in [6.45, 7) is 4.25. The highest BCUT2D eigenvalue weighted by atomic mass is 32.2. The second-order valence-electron chi connectivity index (χ2n) is 8.01. The van der Waals surface area contributed by atoms with Crippen molar-refractivity contribution in [1.82, 2.24) is 14.7 Å². The Morgan fingerprint density at radius 3 is 2.79 bits per heavy atom. The van der Waals surface area contributed by atoms with Crippen molar-refractivity contribution in [2.24, 2.45) is 0 Å². The zero-order valence-corrected chi connectivity index (χ0v) is 20.6. The average molecular weight is 497 g/mol. The van der Waals surface area contributed by atoms with Gasteiger partial charge >= 0.3 is 0 Å². The molecule has 3 heterocycles. The summed E-state index contributed by atoms with van der Waals surface area (Å²) in [4.78, 5) is 33.2. The topological polar surface area (TPSA) is 99.2 Å². The van der Waals surface area contributed by atoms with Crippen molar-refractivity contribution in [3.8, 4) is 11.4 Å². The Balaban J connectivity index is 1.52. The quantitative estimate of drug-likeness (QED) is 0.291. The number of rotatable bonds is 7. The molecular weight excluding hydrogens is 472 g/mol. The van der Waals surface area contributed by atoms with Crippen molar-refractivity contribution < 1.29 is 14.1 Å². The molecule has 10 heteroatoms. The Hall–Kier alpha value is -3.11. The van der Waals surface area contributed by atoms with E-state index >= 15 is 0 Å². The summed E-state index contributed by atoms with van der Waals surface area (Å²) in [6.07, 6.45) is 4.11. The van der Waals surface area contributed by atoms with Crippen molar-refractivity contribution in [3.63, 3.8) is 0 Å². The number of aryl methyl sites for hydroxylation is 3.